The van der Waals surface area contributed by atoms with E-state index in [1.807, 2.05) is 24.3 Å². The van der Waals surface area contributed by atoms with Gasteiger partial charge in [0, 0.05) is 0 Å². The monoisotopic (exact) mass is 326 g/mol. The summed E-state index contributed by atoms with van der Waals surface area (Å²) in [6.45, 7) is 14.8. The third-order valence-electron chi connectivity index (χ3n) is 5.56. The summed E-state index contributed by atoms with van der Waals surface area (Å²) in [5, 5.41) is 0. The summed E-state index contributed by atoms with van der Waals surface area (Å²) in [5.74, 6) is 1.28. The number of rotatable bonds is 7. The van der Waals surface area contributed by atoms with Crippen LogP contribution in [0.3, 0.4) is 0 Å². The molecule has 1 aliphatic carbocycles. The second-order valence-corrected chi connectivity index (χ2v) is 7.53. The lowest BCUT2D eigenvalue weighted by Crippen LogP contribution is -2.24. The van der Waals surface area contributed by atoms with E-state index in [-0.39, 0.29) is 11.4 Å². The van der Waals surface area contributed by atoms with Gasteiger partial charge in [0.05, 0.1) is 5.41 Å². The van der Waals surface area contributed by atoms with E-state index in [9.17, 15) is 4.79 Å². The van der Waals surface area contributed by atoms with Crippen LogP contribution in [0.25, 0.3) is 6.08 Å². The van der Waals surface area contributed by atoms with Crippen molar-refractivity contribution in [2.24, 2.45) is 23.2 Å². The molecular formula is C22H30O2. The van der Waals surface area contributed by atoms with Crippen LogP contribution >= 0.6 is 0 Å². The van der Waals surface area contributed by atoms with E-state index in [4.69, 9.17) is 4.74 Å². The first-order valence-corrected chi connectivity index (χ1v) is 8.89. The minimum absolute atomic E-state index is 0.0312. The van der Waals surface area contributed by atoms with E-state index in [1.54, 1.807) is 6.08 Å². The second-order valence-electron chi connectivity index (χ2n) is 7.53. The molecule has 0 aliphatic heterocycles. The van der Waals surface area contributed by atoms with Gasteiger partial charge in [-0.15, -0.1) is 0 Å². The Balaban J connectivity index is 2.14. The summed E-state index contributed by atoms with van der Waals surface area (Å²) < 4.78 is 5.77. The van der Waals surface area contributed by atoms with E-state index >= 15 is 0 Å². The van der Waals surface area contributed by atoms with Crippen molar-refractivity contribution in [2.75, 3.05) is 0 Å². The minimum Gasteiger partial charge on any atom is -0.460 e. The topological polar surface area (TPSA) is 26.3 Å². The number of ether oxygens (including phenoxy) is 1. The second kappa shape index (κ2) is 7.38. The summed E-state index contributed by atoms with van der Waals surface area (Å²) in [6, 6.07) is 6.10. The average Bonchev–Trinajstić information content (AvgIpc) is 3.05. The van der Waals surface area contributed by atoms with Gasteiger partial charge in [-0.2, -0.15) is 0 Å². The van der Waals surface area contributed by atoms with Gasteiger partial charge in [0.2, 0.25) is 0 Å². The molecule has 130 valence electrons. The third kappa shape index (κ3) is 3.48. The maximum Gasteiger partial charge on any atom is 0.312 e. The Morgan fingerprint density at radius 3 is 2.54 bits per heavy atom. The van der Waals surface area contributed by atoms with E-state index in [0.29, 0.717) is 24.4 Å². The van der Waals surface area contributed by atoms with Crippen LogP contribution in [-0.4, -0.2) is 5.97 Å². The zero-order chi connectivity index (χ0) is 17.9. The highest BCUT2D eigenvalue weighted by molar-refractivity contribution is 5.81. The number of esters is 1. The first-order valence-electron chi connectivity index (χ1n) is 8.89. The molecular weight excluding hydrogens is 296 g/mol. The van der Waals surface area contributed by atoms with Gasteiger partial charge in [0.15, 0.2) is 0 Å². The van der Waals surface area contributed by atoms with E-state index in [0.717, 1.165) is 17.5 Å². The van der Waals surface area contributed by atoms with Crippen molar-refractivity contribution < 1.29 is 9.53 Å². The van der Waals surface area contributed by atoms with Crippen LogP contribution in [0, 0.1) is 30.1 Å². The van der Waals surface area contributed by atoms with Crippen LogP contribution in [0.1, 0.15) is 50.8 Å². The molecule has 24 heavy (non-hydrogen) atoms. The van der Waals surface area contributed by atoms with E-state index in [2.05, 4.69) is 47.3 Å². The molecule has 1 aromatic carbocycles. The third-order valence-corrected chi connectivity index (χ3v) is 5.56. The Morgan fingerprint density at radius 1 is 1.33 bits per heavy atom. The van der Waals surface area contributed by atoms with E-state index in [1.165, 1.54) is 5.56 Å². The summed E-state index contributed by atoms with van der Waals surface area (Å²) >= 11 is 0. The fourth-order valence-electron chi connectivity index (χ4n) is 3.91. The predicted molar refractivity (Wildman–Crippen MR) is 100 cm³/mol. The van der Waals surface area contributed by atoms with Gasteiger partial charge in [-0.25, -0.2) is 0 Å². The number of allylic oxidation sites excluding steroid dienone is 2. The van der Waals surface area contributed by atoms with Gasteiger partial charge >= 0.3 is 5.97 Å². The molecule has 0 amide bonds. The molecule has 2 atom stereocenters. The first-order chi connectivity index (χ1) is 11.3. The van der Waals surface area contributed by atoms with Crippen LogP contribution in [-0.2, 0) is 16.1 Å². The minimum atomic E-state index is -0.283. The van der Waals surface area contributed by atoms with Crippen LogP contribution in [0.2, 0.25) is 0 Å². The Kier molecular flexibility index (Phi) is 5.69. The molecule has 2 unspecified atom stereocenters. The molecule has 0 saturated heterocycles. The number of benzene rings is 1. The molecule has 1 fully saturated rings. The molecule has 2 heteroatoms. The molecule has 0 N–H and O–H groups in total. The SMILES string of the molecule is C=C/C=C\c1c(C)cccc1COC(=O)C1(CC(C)C)C(C)C1C. The molecule has 0 aromatic heterocycles. The van der Waals surface area contributed by atoms with Gasteiger partial charge in [0.1, 0.15) is 6.61 Å². The Bertz CT molecular complexity index is 631. The molecule has 0 bridgehead atoms. The van der Waals surface area contributed by atoms with Gasteiger partial charge in [-0.1, -0.05) is 70.7 Å². The highest BCUT2D eigenvalue weighted by atomic mass is 16.5. The number of aryl methyl sites for hydroxylation is 1. The normalized spacial score (nSPS) is 25.9. The van der Waals surface area contributed by atoms with Crippen molar-refractivity contribution in [1.82, 2.24) is 0 Å². The maximum absolute atomic E-state index is 12.8. The van der Waals surface area contributed by atoms with Gasteiger partial charge < -0.3 is 4.74 Å². The first kappa shape index (κ1) is 18.5. The quantitative estimate of drug-likeness (QED) is 0.484. The van der Waals surface area contributed by atoms with E-state index < -0.39 is 0 Å². The van der Waals surface area contributed by atoms with Crippen molar-refractivity contribution in [1.29, 1.82) is 0 Å². The molecule has 0 radical (unpaired) electrons. The summed E-state index contributed by atoms with van der Waals surface area (Å²) in [7, 11) is 0. The van der Waals surface area contributed by atoms with Crippen molar-refractivity contribution >= 4 is 12.0 Å². The smallest absolute Gasteiger partial charge is 0.312 e. The zero-order valence-corrected chi connectivity index (χ0v) is 15.6. The lowest BCUT2D eigenvalue weighted by Gasteiger charge is -2.19. The summed E-state index contributed by atoms with van der Waals surface area (Å²) in [5.41, 5.74) is 3.04. The van der Waals surface area contributed by atoms with Gasteiger partial charge in [-0.3, -0.25) is 4.79 Å². The summed E-state index contributed by atoms with van der Waals surface area (Å²) in [4.78, 5) is 12.8. The summed E-state index contributed by atoms with van der Waals surface area (Å²) in [6.07, 6.45) is 6.61. The van der Waals surface area contributed by atoms with Crippen LogP contribution in [0.4, 0.5) is 0 Å². The Labute approximate surface area is 146 Å². The molecule has 2 rings (SSSR count). The van der Waals surface area contributed by atoms with Crippen molar-refractivity contribution in [2.45, 2.75) is 47.6 Å². The van der Waals surface area contributed by atoms with Gasteiger partial charge in [0.25, 0.3) is 0 Å². The Morgan fingerprint density at radius 2 is 2.00 bits per heavy atom. The lowest BCUT2D eigenvalue weighted by atomic mass is 9.90. The molecule has 1 aromatic rings. The lowest BCUT2D eigenvalue weighted by molar-refractivity contribution is -0.153. The largest absolute Gasteiger partial charge is 0.460 e. The highest BCUT2D eigenvalue weighted by Crippen LogP contribution is 2.62. The van der Waals surface area contributed by atoms with Crippen LogP contribution in [0.5, 0.6) is 0 Å². The zero-order valence-electron chi connectivity index (χ0n) is 15.6. The number of carbonyl (C=O) groups is 1. The molecule has 2 nitrogen and oxygen atoms in total. The number of hydrogen-bond donors (Lipinski definition) is 0. The standard InChI is InChI=1S/C22H30O2/c1-7-8-12-20-16(4)10-9-11-19(20)14-24-21(23)22(13-15(2)3)17(5)18(22)6/h7-12,15,17-18H,1,13-14H2,2-6H3/b12-8-. The molecule has 0 spiro atoms. The number of hydrogen-bond acceptors (Lipinski definition) is 2. The maximum atomic E-state index is 12.8. The fraction of sp³-hybridized carbons (Fsp3) is 0.500. The fourth-order valence-corrected chi connectivity index (χ4v) is 3.91. The Hall–Kier alpha value is -1.83. The molecule has 1 saturated carbocycles. The highest BCUT2D eigenvalue weighted by Gasteiger charge is 2.65. The van der Waals surface area contributed by atoms with Crippen molar-refractivity contribution in [3.63, 3.8) is 0 Å². The number of carbonyl (C=O) groups excluding carboxylic acids is 1. The van der Waals surface area contributed by atoms with Crippen molar-refractivity contribution in [3.8, 4) is 0 Å². The van der Waals surface area contributed by atoms with Gasteiger partial charge in [-0.05, 0) is 47.8 Å². The predicted octanol–water partition coefficient (Wildman–Crippen LogP) is 5.56. The van der Waals surface area contributed by atoms with Crippen LogP contribution in [0.15, 0.2) is 36.9 Å². The molecule has 1 aliphatic rings. The average molecular weight is 326 g/mol. The molecule has 0 heterocycles. The van der Waals surface area contributed by atoms with Crippen molar-refractivity contribution in [3.05, 3.63) is 53.6 Å². The van der Waals surface area contributed by atoms with Crippen LogP contribution < -0.4 is 0 Å².